The van der Waals surface area contributed by atoms with Crippen molar-refractivity contribution in [3.63, 3.8) is 0 Å². The standard InChI is InChI=1S/C20H22N2O4/c1-14-8-10-18(26-3)16(12-14)22-20(24)13-21-19(23)11-9-15-6-4-5-7-17(15)25-2/h4-12H,13H2,1-3H3,(H,21,23)(H,22,24)/b11-9+. The fourth-order valence-electron chi connectivity index (χ4n) is 2.31. The predicted octanol–water partition coefficient (Wildman–Crippen LogP) is 2.78. The summed E-state index contributed by atoms with van der Waals surface area (Å²) in [5.41, 5.74) is 2.33. The number of carbonyl (C=O) groups excluding carboxylic acids is 2. The highest BCUT2D eigenvalue weighted by molar-refractivity contribution is 5.98. The van der Waals surface area contributed by atoms with E-state index in [1.807, 2.05) is 31.2 Å². The fourth-order valence-corrected chi connectivity index (χ4v) is 2.31. The summed E-state index contributed by atoms with van der Waals surface area (Å²) >= 11 is 0. The molecule has 0 atom stereocenters. The number of para-hydroxylation sites is 1. The molecule has 0 aliphatic rings. The van der Waals surface area contributed by atoms with Gasteiger partial charge in [0.05, 0.1) is 26.5 Å². The van der Waals surface area contributed by atoms with Crippen LogP contribution >= 0.6 is 0 Å². The van der Waals surface area contributed by atoms with Gasteiger partial charge in [0.25, 0.3) is 0 Å². The third-order valence-electron chi connectivity index (χ3n) is 3.61. The van der Waals surface area contributed by atoms with Gasteiger partial charge < -0.3 is 20.1 Å². The topological polar surface area (TPSA) is 76.7 Å². The summed E-state index contributed by atoms with van der Waals surface area (Å²) in [5, 5.41) is 5.27. The molecule has 26 heavy (non-hydrogen) atoms. The molecule has 0 saturated carbocycles. The summed E-state index contributed by atoms with van der Waals surface area (Å²) in [6, 6.07) is 12.8. The van der Waals surface area contributed by atoms with Crippen LogP contribution in [0.25, 0.3) is 6.08 Å². The molecule has 2 N–H and O–H groups in total. The Bertz CT molecular complexity index is 815. The molecule has 0 bridgehead atoms. The number of ether oxygens (including phenoxy) is 2. The molecule has 0 heterocycles. The molecule has 0 fully saturated rings. The van der Waals surface area contributed by atoms with Crippen molar-refractivity contribution in [1.82, 2.24) is 5.32 Å². The molecule has 6 heteroatoms. The second kappa shape index (κ2) is 9.27. The first-order valence-corrected chi connectivity index (χ1v) is 8.07. The zero-order valence-corrected chi connectivity index (χ0v) is 15.0. The Labute approximate surface area is 152 Å². The SMILES string of the molecule is COc1ccccc1/C=C/C(=O)NCC(=O)Nc1cc(C)ccc1OC. The maximum atomic E-state index is 12.0. The van der Waals surface area contributed by atoms with E-state index >= 15 is 0 Å². The minimum Gasteiger partial charge on any atom is -0.496 e. The fraction of sp³-hybridized carbons (Fsp3) is 0.200. The van der Waals surface area contributed by atoms with Gasteiger partial charge in [0, 0.05) is 11.6 Å². The molecule has 0 aliphatic carbocycles. The summed E-state index contributed by atoms with van der Waals surface area (Å²) < 4.78 is 10.4. The van der Waals surface area contributed by atoms with E-state index in [-0.39, 0.29) is 18.4 Å². The highest BCUT2D eigenvalue weighted by Gasteiger charge is 2.08. The lowest BCUT2D eigenvalue weighted by molar-refractivity contribution is -0.121. The van der Waals surface area contributed by atoms with Crippen LogP contribution < -0.4 is 20.1 Å². The Morgan fingerprint density at radius 2 is 1.77 bits per heavy atom. The monoisotopic (exact) mass is 354 g/mol. The van der Waals surface area contributed by atoms with Gasteiger partial charge in [-0.25, -0.2) is 0 Å². The third kappa shape index (κ3) is 5.37. The lowest BCUT2D eigenvalue weighted by atomic mass is 10.2. The summed E-state index contributed by atoms with van der Waals surface area (Å²) in [4.78, 5) is 24.0. The van der Waals surface area contributed by atoms with Crippen LogP contribution in [-0.4, -0.2) is 32.6 Å². The average molecular weight is 354 g/mol. The maximum Gasteiger partial charge on any atom is 0.244 e. The first-order valence-electron chi connectivity index (χ1n) is 8.07. The number of methoxy groups -OCH3 is 2. The van der Waals surface area contributed by atoms with Crippen LogP contribution in [0.5, 0.6) is 11.5 Å². The molecular weight excluding hydrogens is 332 g/mol. The number of benzene rings is 2. The largest absolute Gasteiger partial charge is 0.496 e. The Morgan fingerprint density at radius 3 is 2.50 bits per heavy atom. The van der Waals surface area contributed by atoms with E-state index in [0.29, 0.717) is 17.2 Å². The molecule has 136 valence electrons. The molecule has 0 radical (unpaired) electrons. The first kappa shape index (κ1) is 19.1. The minimum absolute atomic E-state index is 0.147. The number of hydrogen-bond donors (Lipinski definition) is 2. The van der Waals surface area contributed by atoms with Gasteiger partial charge in [-0.05, 0) is 36.8 Å². The Morgan fingerprint density at radius 1 is 1.04 bits per heavy atom. The number of hydrogen-bond acceptors (Lipinski definition) is 4. The van der Waals surface area contributed by atoms with Crippen LogP contribution in [0.15, 0.2) is 48.5 Å². The average Bonchev–Trinajstić information content (AvgIpc) is 2.65. The smallest absolute Gasteiger partial charge is 0.244 e. The molecule has 2 rings (SSSR count). The lowest BCUT2D eigenvalue weighted by Crippen LogP contribution is -2.31. The van der Waals surface area contributed by atoms with E-state index in [1.54, 1.807) is 31.4 Å². The van der Waals surface area contributed by atoms with Crippen LogP contribution in [0.1, 0.15) is 11.1 Å². The van der Waals surface area contributed by atoms with Crippen molar-refractivity contribution in [2.24, 2.45) is 0 Å². The predicted molar refractivity (Wildman–Crippen MR) is 101 cm³/mol. The van der Waals surface area contributed by atoms with Gasteiger partial charge in [-0.3, -0.25) is 9.59 Å². The summed E-state index contributed by atoms with van der Waals surface area (Å²) in [6.45, 7) is 1.77. The van der Waals surface area contributed by atoms with Crippen LogP contribution in [-0.2, 0) is 9.59 Å². The molecular formula is C20H22N2O4. The summed E-state index contributed by atoms with van der Waals surface area (Å²) in [7, 11) is 3.10. The number of rotatable bonds is 7. The second-order valence-electron chi connectivity index (χ2n) is 5.55. The molecule has 0 aliphatic heterocycles. The van der Waals surface area contributed by atoms with Gasteiger partial charge in [0.1, 0.15) is 11.5 Å². The quantitative estimate of drug-likeness (QED) is 0.750. The summed E-state index contributed by atoms with van der Waals surface area (Å²) in [5.74, 6) is 0.516. The summed E-state index contributed by atoms with van der Waals surface area (Å²) in [6.07, 6.45) is 2.99. The van der Waals surface area contributed by atoms with Crippen molar-refractivity contribution in [2.75, 3.05) is 26.1 Å². The van der Waals surface area contributed by atoms with Crippen LogP contribution in [0, 0.1) is 6.92 Å². The highest BCUT2D eigenvalue weighted by atomic mass is 16.5. The van der Waals surface area contributed by atoms with E-state index in [1.165, 1.54) is 13.2 Å². The lowest BCUT2D eigenvalue weighted by Gasteiger charge is -2.11. The molecule has 6 nitrogen and oxygen atoms in total. The van der Waals surface area contributed by atoms with E-state index in [0.717, 1.165) is 11.1 Å². The number of anilines is 1. The number of aryl methyl sites for hydroxylation is 1. The zero-order chi connectivity index (χ0) is 18.9. The molecule has 2 aromatic carbocycles. The third-order valence-corrected chi connectivity index (χ3v) is 3.61. The molecule has 2 aromatic rings. The van der Waals surface area contributed by atoms with Crippen molar-refractivity contribution >= 4 is 23.6 Å². The van der Waals surface area contributed by atoms with E-state index in [4.69, 9.17) is 9.47 Å². The number of nitrogens with one attached hydrogen (secondary N) is 2. The van der Waals surface area contributed by atoms with Gasteiger partial charge in [-0.1, -0.05) is 24.3 Å². The molecule has 0 aromatic heterocycles. The Kier molecular flexibility index (Phi) is 6.79. The molecule has 2 amide bonds. The van der Waals surface area contributed by atoms with Crippen LogP contribution in [0.4, 0.5) is 5.69 Å². The molecule has 0 saturated heterocycles. The van der Waals surface area contributed by atoms with Crippen molar-refractivity contribution < 1.29 is 19.1 Å². The first-order chi connectivity index (χ1) is 12.5. The van der Waals surface area contributed by atoms with E-state index in [9.17, 15) is 9.59 Å². The molecule has 0 unspecified atom stereocenters. The minimum atomic E-state index is -0.373. The number of amides is 2. The van der Waals surface area contributed by atoms with Gasteiger partial charge in [-0.2, -0.15) is 0 Å². The van der Waals surface area contributed by atoms with Crippen molar-refractivity contribution in [3.05, 3.63) is 59.7 Å². The Hall–Kier alpha value is -3.28. The van der Waals surface area contributed by atoms with Crippen LogP contribution in [0.3, 0.4) is 0 Å². The van der Waals surface area contributed by atoms with Crippen LogP contribution in [0.2, 0.25) is 0 Å². The van der Waals surface area contributed by atoms with E-state index < -0.39 is 0 Å². The van der Waals surface area contributed by atoms with Crippen molar-refractivity contribution in [3.8, 4) is 11.5 Å². The van der Waals surface area contributed by atoms with E-state index in [2.05, 4.69) is 10.6 Å². The highest BCUT2D eigenvalue weighted by Crippen LogP contribution is 2.24. The van der Waals surface area contributed by atoms with Crippen molar-refractivity contribution in [1.29, 1.82) is 0 Å². The van der Waals surface area contributed by atoms with Gasteiger partial charge >= 0.3 is 0 Å². The van der Waals surface area contributed by atoms with Gasteiger partial charge in [0.15, 0.2) is 0 Å². The second-order valence-corrected chi connectivity index (χ2v) is 5.55. The van der Waals surface area contributed by atoms with Crippen molar-refractivity contribution in [2.45, 2.75) is 6.92 Å². The normalized spacial score (nSPS) is 10.4. The number of carbonyl (C=O) groups is 2. The maximum absolute atomic E-state index is 12.0. The Balaban J connectivity index is 1.90. The van der Waals surface area contributed by atoms with Gasteiger partial charge in [-0.15, -0.1) is 0 Å². The van der Waals surface area contributed by atoms with Gasteiger partial charge in [0.2, 0.25) is 11.8 Å². The molecule has 0 spiro atoms. The zero-order valence-electron chi connectivity index (χ0n) is 15.0.